The summed E-state index contributed by atoms with van der Waals surface area (Å²) in [6, 6.07) is 8.01. The second-order valence-corrected chi connectivity index (χ2v) is 8.37. The summed E-state index contributed by atoms with van der Waals surface area (Å²) in [5, 5.41) is 3.34. The van der Waals surface area contributed by atoms with Gasteiger partial charge in [-0.25, -0.2) is 4.79 Å². The van der Waals surface area contributed by atoms with E-state index in [0.717, 1.165) is 23.3 Å². The van der Waals surface area contributed by atoms with Crippen molar-refractivity contribution in [3.05, 3.63) is 42.0 Å². The first-order valence-corrected chi connectivity index (χ1v) is 9.43. The van der Waals surface area contributed by atoms with Crippen LogP contribution in [0.2, 0.25) is 0 Å². The molecule has 1 amide bonds. The van der Waals surface area contributed by atoms with Gasteiger partial charge in [-0.3, -0.25) is 20.6 Å². The molecule has 26 heavy (non-hydrogen) atoms. The number of rotatable bonds is 4. The average molecular weight is 378 g/mol. The largest absolute Gasteiger partial charge is 0.444 e. The van der Waals surface area contributed by atoms with Crippen LogP contribution in [-0.2, 0) is 15.1 Å². The van der Waals surface area contributed by atoms with Crippen molar-refractivity contribution in [1.29, 1.82) is 0 Å². The first-order valence-electron chi connectivity index (χ1n) is 8.44. The van der Waals surface area contributed by atoms with Crippen LogP contribution in [0.5, 0.6) is 0 Å². The second-order valence-electron chi connectivity index (χ2n) is 7.28. The number of hydroxylamine groups is 1. The van der Waals surface area contributed by atoms with Crippen molar-refractivity contribution in [1.82, 2.24) is 10.8 Å². The van der Waals surface area contributed by atoms with Crippen molar-refractivity contribution in [3.8, 4) is 0 Å². The summed E-state index contributed by atoms with van der Waals surface area (Å²) >= 11 is 1.52. The Morgan fingerprint density at radius 2 is 2.12 bits per heavy atom. The zero-order chi connectivity index (χ0) is 19.4. The lowest BCUT2D eigenvalue weighted by atomic mass is 9.88. The molecule has 0 fully saturated rings. The Kier molecular flexibility index (Phi) is 6.36. The quantitative estimate of drug-likeness (QED) is 0.775. The van der Waals surface area contributed by atoms with Crippen LogP contribution in [0.4, 0.5) is 4.79 Å². The standard InChI is InChI=1S/C19H27N3O3S/c1-13(22-24-6)14-8-7-9-15(12-14)19(5)10-11-26-16(21-19)20-17(23)25-18(2,3)4/h7-9,12,22H,1,10-11H2,2-6H3,(H,20,21,23). The molecule has 0 radical (unpaired) electrons. The van der Waals surface area contributed by atoms with Crippen LogP contribution in [0.25, 0.3) is 5.70 Å². The number of carbonyl (C=O) groups excluding carboxylic acids is 1. The molecule has 2 rings (SSSR count). The molecule has 0 aromatic heterocycles. The summed E-state index contributed by atoms with van der Waals surface area (Å²) in [6.07, 6.45) is 0.379. The molecule has 1 heterocycles. The molecule has 1 aliphatic heterocycles. The number of amidine groups is 1. The number of aliphatic imine (C=N–C) groups is 1. The smallest absolute Gasteiger partial charge is 0.413 e. The number of hydrogen-bond donors (Lipinski definition) is 2. The molecule has 1 aliphatic rings. The van der Waals surface area contributed by atoms with Gasteiger partial charge in [0.25, 0.3) is 0 Å². The molecule has 1 atom stereocenters. The first-order chi connectivity index (χ1) is 12.1. The van der Waals surface area contributed by atoms with Crippen LogP contribution in [-0.4, -0.2) is 29.7 Å². The zero-order valence-corrected chi connectivity index (χ0v) is 16.8. The summed E-state index contributed by atoms with van der Waals surface area (Å²) in [5.74, 6) is 0.854. The van der Waals surface area contributed by atoms with E-state index in [2.05, 4.69) is 24.3 Å². The summed E-state index contributed by atoms with van der Waals surface area (Å²) in [4.78, 5) is 21.7. The van der Waals surface area contributed by atoms with Crippen molar-refractivity contribution in [2.75, 3.05) is 12.9 Å². The highest BCUT2D eigenvalue weighted by atomic mass is 32.2. The lowest BCUT2D eigenvalue weighted by molar-refractivity contribution is 0.0564. The Balaban J connectivity index is 2.21. The number of carbonyl (C=O) groups is 1. The predicted molar refractivity (Wildman–Crippen MR) is 107 cm³/mol. The number of thioether (sulfide) groups is 1. The Morgan fingerprint density at radius 3 is 2.77 bits per heavy atom. The van der Waals surface area contributed by atoms with E-state index < -0.39 is 17.2 Å². The molecular weight excluding hydrogens is 350 g/mol. The first kappa shape index (κ1) is 20.3. The maximum atomic E-state index is 12.0. The van der Waals surface area contributed by atoms with E-state index in [9.17, 15) is 4.79 Å². The Labute approximate surface area is 159 Å². The lowest BCUT2D eigenvalue weighted by Crippen LogP contribution is -2.38. The fourth-order valence-electron chi connectivity index (χ4n) is 2.55. The van der Waals surface area contributed by atoms with E-state index in [0.29, 0.717) is 10.9 Å². The number of hydrogen-bond acceptors (Lipinski definition) is 6. The van der Waals surface area contributed by atoms with Gasteiger partial charge in [0.15, 0.2) is 5.17 Å². The maximum Gasteiger partial charge on any atom is 0.413 e. The molecule has 0 spiro atoms. The number of nitrogens with zero attached hydrogens (tertiary/aromatic N) is 1. The van der Waals surface area contributed by atoms with E-state index in [1.807, 2.05) is 45.0 Å². The van der Waals surface area contributed by atoms with Gasteiger partial charge in [0, 0.05) is 5.75 Å². The van der Waals surface area contributed by atoms with Gasteiger partial charge in [0.1, 0.15) is 5.60 Å². The lowest BCUT2D eigenvalue weighted by Gasteiger charge is -2.31. The average Bonchev–Trinajstić information content (AvgIpc) is 2.53. The molecule has 7 heteroatoms. The molecule has 0 bridgehead atoms. The molecule has 0 saturated heterocycles. The molecule has 1 aromatic rings. The van der Waals surface area contributed by atoms with E-state index in [1.54, 1.807) is 7.11 Å². The Hall–Kier alpha value is -1.99. The van der Waals surface area contributed by atoms with Gasteiger partial charge >= 0.3 is 6.09 Å². The van der Waals surface area contributed by atoms with Crippen molar-refractivity contribution in [2.24, 2.45) is 4.99 Å². The minimum absolute atomic E-state index is 0.432. The third-order valence-electron chi connectivity index (χ3n) is 3.84. The van der Waals surface area contributed by atoms with Crippen LogP contribution in [0.15, 0.2) is 35.8 Å². The SMILES string of the molecule is C=C(NOC)c1cccc(C2(C)CCSC(NC(=O)OC(C)(C)C)=N2)c1. The highest BCUT2D eigenvalue weighted by Gasteiger charge is 2.31. The fourth-order valence-corrected chi connectivity index (χ4v) is 3.66. The minimum Gasteiger partial charge on any atom is -0.444 e. The number of nitrogens with one attached hydrogen (secondary N) is 2. The third-order valence-corrected chi connectivity index (χ3v) is 4.72. The van der Waals surface area contributed by atoms with E-state index >= 15 is 0 Å². The van der Waals surface area contributed by atoms with Gasteiger partial charge < -0.3 is 4.74 Å². The van der Waals surface area contributed by atoms with Crippen LogP contribution < -0.4 is 10.8 Å². The fraction of sp³-hybridized carbons (Fsp3) is 0.474. The molecule has 2 N–H and O–H groups in total. The Bertz CT molecular complexity index is 712. The molecular formula is C19H27N3O3S. The van der Waals surface area contributed by atoms with Crippen molar-refractivity contribution in [3.63, 3.8) is 0 Å². The van der Waals surface area contributed by atoms with Crippen molar-refractivity contribution in [2.45, 2.75) is 45.3 Å². The molecule has 0 aliphatic carbocycles. The summed E-state index contributed by atoms with van der Waals surface area (Å²) in [6.45, 7) is 11.5. The van der Waals surface area contributed by atoms with Gasteiger partial charge in [0.2, 0.25) is 0 Å². The molecule has 1 aromatic carbocycles. The molecule has 0 saturated carbocycles. The van der Waals surface area contributed by atoms with Gasteiger partial charge in [-0.05, 0) is 51.3 Å². The number of benzene rings is 1. The highest BCUT2D eigenvalue weighted by molar-refractivity contribution is 8.13. The second kappa shape index (κ2) is 8.14. The van der Waals surface area contributed by atoms with E-state index in [-0.39, 0.29) is 0 Å². The van der Waals surface area contributed by atoms with Crippen LogP contribution >= 0.6 is 11.8 Å². The molecule has 142 valence electrons. The van der Waals surface area contributed by atoms with Gasteiger partial charge in [-0.2, -0.15) is 0 Å². The van der Waals surface area contributed by atoms with Gasteiger partial charge in [0.05, 0.1) is 18.3 Å². The molecule has 6 nitrogen and oxygen atoms in total. The number of ether oxygens (including phenoxy) is 1. The number of amides is 1. The number of alkyl carbamates (subject to hydrolysis) is 1. The van der Waals surface area contributed by atoms with Crippen molar-refractivity contribution < 1.29 is 14.4 Å². The normalized spacial score (nSPS) is 20.1. The van der Waals surface area contributed by atoms with Crippen LogP contribution in [0.1, 0.15) is 45.2 Å². The van der Waals surface area contributed by atoms with Crippen LogP contribution in [0, 0.1) is 0 Å². The summed E-state index contributed by atoms with van der Waals surface area (Å²) in [5.41, 5.74) is 4.44. The Morgan fingerprint density at radius 1 is 1.38 bits per heavy atom. The molecule has 1 unspecified atom stereocenters. The predicted octanol–water partition coefficient (Wildman–Crippen LogP) is 4.04. The zero-order valence-electron chi connectivity index (χ0n) is 16.0. The van der Waals surface area contributed by atoms with E-state index in [1.165, 1.54) is 11.8 Å². The summed E-state index contributed by atoms with van der Waals surface area (Å²) < 4.78 is 5.31. The monoisotopic (exact) mass is 377 g/mol. The highest BCUT2D eigenvalue weighted by Crippen LogP contribution is 2.36. The summed E-state index contributed by atoms with van der Waals surface area (Å²) in [7, 11) is 1.55. The maximum absolute atomic E-state index is 12.0. The van der Waals surface area contributed by atoms with Gasteiger partial charge in [-0.1, -0.05) is 36.5 Å². The third kappa shape index (κ3) is 5.51. The van der Waals surface area contributed by atoms with E-state index in [4.69, 9.17) is 14.6 Å². The van der Waals surface area contributed by atoms with Crippen molar-refractivity contribution >= 4 is 28.7 Å². The minimum atomic E-state index is -0.545. The van der Waals surface area contributed by atoms with Gasteiger partial charge in [-0.15, -0.1) is 0 Å². The van der Waals surface area contributed by atoms with Crippen LogP contribution in [0.3, 0.4) is 0 Å². The topological polar surface area (TPSA) is 72.0 Å².